The summed E-state index contributed by atoms with van der Waals surface area (Å²) in [6.45, 7) is 1.74. The molecule has 1 amide bonds. The van der Waals surface area contributed by atoms with Crippen molar-refractivity contribution in [3.63, 3.8) is 0 Å². The van der Waals surface area contributed by atoms with Gasteiger partial charge in [0.15, 0.2) is 0 Å². The highest BCUT2D eigenvalue weighted by atomic mass is 16.3. The number of hydrogen-bond donors (Lipinski definition) is 1. The fourth-order valence-corrected chi connectivity index (χ4v) is 2.37. The standard InChI is InChI=1S/C14H16N4O2/c19-14(11-3-8-20-10-11)17-12-1-6-18(7-2-12)13-9-15-4-5-16-13/h3-5,8-10,12H,1-2,6-7H2,(H,17,19). The second kappa shape index (κ2) is 5.73. The molecule has 3 rings (SSSR count). The molecule has 1 aliphatic heterocycles. The number of hydrogen-bond acceptors (Lipinski definition) is 5. The van der Waals surface area contributed by atoms with Crippen molar-refractivity contribution in [3.8, 4) is 0 Å². The minimum Gasteiger partial charge on any atom is -0.472 e. The van der Waals surface area contributed by atoms with E-state index in [1.54, 1.807) is 24.7 Å². The predicted molar refractivity (Wildman–Crippen MR) is 73.4 cm³/mol. The lowest BCUT2D eigenvalue weighted by molar-refractivity contribution is 0.0930. The highest BCUT2D eigenvalue weighted by Crippen LogP contribution is 2.16. The van der Waals surface area contributed by atoms with Gasteiger partial charge < -0.3 is 14.6 Å². The van der Waals surface area contributed by atoms with E-state index in [1.165, 1.54) is 12.5 Å². The third-order valence-electron chi connectivity index (χ3n) is 3.49. The molecule has 0 aromatic carbocycles. The average molecular weight is 272 g/mol. The van der Waals surface area contributed by atoms with Crippen LogP contribution in [-0.2, 0) is 0 Å². The smallest absolute Gasteiger partial charge is 0.254 e. The summed E-state index contributed by atoms with van der Waals surface area (Å²) >= 11 is 0. The molecular weight excluding hydrogens is 256 g/mol. The molecule has 1 N–H and O–H groups in total. The maximum Gasteiger partial charge on any atom is 0.254 e. The summed E-state index contributed by atoms with van der Waals surface area (Å²) in [6, 6.07) is 1.87. The van der Waals surface area contributed by atoms with Gasteiger partial charge in [-0.25, -0.2) is 4.98 Å². The molecule has 2 aromatic rings. The average Bonchev–Trinajstić information content (AvgIpc) is 3.03. The number of carbonyl (C=O) groups excluding carboxylic acids is 1. The van der Waals surface area contributed by atoms with Crippen LogP contribution in [0.5, 0.6) is 0 Å². The number of anilines is 1. The van der Waals surface area contributed by atoms with E-state index in [0.717, 1.165) is 31.7 Å². The lowest BCUT2D eigenvalue weighted by Gasteiger charge is -2.32. The Balaban J connectivity index is 1.53. The van der Waals surface area contributed by atoms with E-state index in [9.17, 15) is 4.79 Å². The van der Waals surface area contributed by atoms with E-state index in [1.807, 2.05) is 0 Å². The summed E-state index contributed by atoms with van der Waals surface area (Å²) in [5, 5.41) is 3.03. The Labute approximate surface area is 116 Å². The number of amides is 1. The van der Waals surface area contributed by atoms with E-state index >= 15 is 0 Å². The molecule has 3 heterocycles. The van der Waals surface area contributed by atoms with Gasteiger partial charge in [-0.05, 0) is 18.9 Å². The Hall–Kier alpha value is -2.37. The topological polar surface area (TPSA) is 71.3 Å². The van der Waals surface area contributed by atoms with Gasteiger partial charge in [0, 0.05) is 31.5 Å². The van der Waals surface area contributed by atoms with E-state index in [-0.39, 0.29) is 11.9 Å². The normalized spacial score (nSPS) is 16.1. The van der Waals surface area contributed by atoms with Crippen molar-refractivity contribution in [3.05, 3.63) is 42.7 Å². The summed E-state index contributed by atoms with van der Waals surface area (Å²) in [5.41, 5.74) is 0.571. The zero-order valence-corrected chi connectivity index (χ0v) is 11.0. The van der Waals surface area contributed by atoms with Crippen LogP contribution >= 0.6 is 0 Å². The van der Waals surface area contributed by atoms with Crippen molar-refractivity contribution >= 4 is 11.7 Å². The zero-order chi connectivity index (χ0) is 13.8. The molecule has 0 aliphatic carbocycles. The molecule has 2 aromatic heterocycles. The molecule has 6 nitrogen and oxygen atoms in total. The molecule has 0 atom stereocenters. The number of rotatable bonds is 3. The first kappa shape index (κ1) is 12.7. The van der Waals surface area contributed by atoms with Gasteiger partial charge in [-0.1, -0.05) is 0 Å². The quantitative estimate of drug-likeness (QED) is 0.916. The predicted octanol–water partition coefficient (Wildman–Crippen LogP) is 1.47. The molecule has 0 unspecified atom stereocenters. The minimum absolute atomic E-state index is 0.0725. The Kier molecular flexibility index (Phi) is 3.62. The summed E-state index contributed by atoms with van der Waals surface area (Å²) in [7, 11) is 0. The Bertz CT molecular complexity index is 548. The number of piperidine rings is 1. The summed E-state index contributed by atoms with van der Waals surface area (Å²) in [4.78, 5) is 22.5. The molecule has 0 spiro atoms. The Morgan fingerprint density at radius 2 is 2.20 bits per heavy atom. The first-order valence-electron chi connectivity index (χ1n) is 6.67. The molecule has 0 bridgehead atoms. The van der Waals surface area contributed by atoms with Crippen molar-refractivity contribution in [1.82, 2.24) is 15.3 Å². The van der Waals surface area contributed by atoms with Gasteiger partial charge in [-0.2, -0.15) is 0 Å². The largest absolute Gasteiger partial charge is 0.472 e. The van der Waals surface area contributed by atoms with Crippen LogP contribution in [0.25, 0.3) is 0 Å². The third kappa shape index (κ3) is 2.79. The first-order chi connectivity index (χ1) is 9.83. The van der Waals surface area contributed by atoms with Gasteiger partial charge in [0.2, 0.25) is 0 Å². The van der Waals surface area contributed by atoms with Gasteiger partial charge in [0.05, 0.1) is 18.0 Å². The molecule has 1 saturated heterocycles. The van der Waals surface area contributed by atoms with Crippen LogP contribution in [-0.4, -0.2) is 35.0 Å². The van der Waals surface area contributed by atoms with Crippen LogP contribution in [0.4, 0.5) is 5.82 Å². The van der Waals surface area contributed by atoms with Crippen molar-refractivity contribution in [2.75, 3.05) is 18.0 Å². The van der Waals surface area contributed by atoms with Gasteiger partial charge >= 0.3 is 0 Å². The van der Waals surface area contributed by atoms with Crippen molar-refractivity contribution in [2.24, 2.45) is 0 Å². The number of carbonyl (C=O) groups is 1. The fourth-order valence-electron chi connectivity index (χ4n) is 2.37. The first-order valence-corrected chi connectivity index (χ1v) is 6.67. The molecule has 1 fully saturated rings. The fraction of sp³-hybridized carbons (Fsp3) is 0.357. The van der Waals surface area contributed by atoms with Crippen LogP contribution in [0.1, 0.15) is 23.2 Å². The van der Waals surface area contributed by atoms with Crippen LogP contribution in [0, 0.1) is 0 Å². The number of nitrogens with one attached hydrogen (secondary N) is 1. The number of aromatic nitrogens is 2. The molecular formula is C14H16N4O2. The van der Waals surface area contributed by atoms with Gasteiger partial charge in [-0.3, -0.25) is 9.78 Å². The second-order valence-electron chi connectivity index (χ2n) is 4.81. The number of furan rings is 1. The molecule has 1 aliphatic rings. The van der Waals surface area contributed by atoms with E-state index < -0.39 is 0 Å². The Morgan fingerprint density at radius 3 is 2.85 bits per heavy atom. The lowest BCUT2D eigenvalue weighted by Crippen LogP contribution is -2.44. The van der Waals surface area contributed by atoms with Crippen LogP contribution in [0.15, 0.2) is 41.6 Å². The van der Waals surface area contributed by atoms with Crippen molar-refractivity contribution in [2.45, 2.75) is 18.9 Å². The molecule has 0 saturated carbocycles. The van der Waals surface area contributed by atoms with Crippen LogP contribution in [0.3, 0.4) is 0 Å². The van der Waals surface area contributed by atoms with E-state index in [2.05, 4.69) is 20.2 Å². The zero-order valence-electron chi connectivity index (χ0n) is 11.0. The van der Waals surface area contributed by atoms with Gasteiger partial charge in [0.25, 0.3) is 5.91 Å². The van der Waals surface area contributed by atoms with E-state index in [0.29, 0.717) is 5.56 Å². The maximum absolute atomic E-state index is 11.9. The highest BCUT2D eigenvalue weighted by molar-refractivity contribution is 5.93. The van der Waals surface area contributed by atoms with Gasteiger partial charge in [-0.15, -0.1) is 0 Å². The van der Waals surface area contributed by atoms with Crippen molar-refractivity contribution in [1.29, 1.82) is 0 Å². The molecule has 6 heteroatoms. The van der Waals surface area contributed by atoms with Gasteiger partial charge in [0.1, 0.15) is 12.1 Å². The summed E-state index contributed by atoms with van der Waals surface area (Å²) in [5.74, 6) is 0.823. The Morgan fingerprint density at radius 1 is 1.35 bits per heavy atom. The minimum atomic E-state index is -0.0725. The van der Waals surface area contributed by atoms with E-state index in [4.69, 9.17) is 4.42 Å². The SMILES string of the molecule is O=C(NC1CCN(c2cnccn2)CC1)c1ccoc1. The third-order valence-corrected chi connectivity index (χ3v) is 3.49. The highest BCUT2D eigenvalue weighted by Gasteiger charge is 2.22. The maximum atomic E-state index is 11.9. The number of nitrogens with zero attached hydrogens (tertiary/aromatic N) is 3. The van der Waals surface area contributed by atoms with Crippen molar-refractivity contribution < 1.29 is 9.21 Å². The summed E-state index contributed by atoms with van der Waals surface area (Å²) < 4.78 is 4.92. The molecule has 104 valence electrons. The van der Waals surface area contributed by atoms with Crippen LogP contribution in [0.2, 0.25) is 0 Å². The van der Waals surface area contributed by atoms with Crippen LogP contribution < -0.4 is 10.2 Å². The molecule has 0 radical (unpaired) electrons. The monoisotopic (exact) mass is 272 g/mol. The molecule has 20 heavy (non-hydrogen) atoms. The summed E-state index contributed by atoms with van der Waals surface area (Å²) in [6.07, 6.45) is 9.91. The second-order valence-corrected chi connectivity index (χ2v) is 4.81. The lowest BCUT2D eigenvalue weighted by atomic mass is 10.0.